The van der Waals surface area contributed by atoms with Gasteiger partial charge in [-0.2, -0.15) is 0 Å². The largest absolute Gasteiger partial charge is 0.353 e. The summed E-state index contributed by atoms with van der Waals surface area (Å²) >= 11 is 0. The van der Waals surface area contributed by atoms with Crippen LogP contribution in [0.3, 0.4) is 0 Å². The van der Waals surface area contributed by atoms with Gasteiger partial charge in [0.1, 0.15) is 6.29 Å². The Bertz CT molecular complexity index is 302. The van der Waals surface area contributed by atoms with Crippen molar-refractivity contribution in [2.45, 2.75) is 26.3 Å². The zero-order valence-electron chi connectivity index (χ0n) is 7.69. The van der Waals surface area contributed by atoms with Crippen LogP contribution in [0.15, 0.2) is 18.5 Å². The molecule has 0 aliphatic rings. The van der Waals surface area contributed by atoms with E-state index in [4.69, 9.17) is 0 Å². The maximum atomic E-state index is 10.9. The molecule has 0 fully saturated rings. The lowest BCUT2D eigenvalue weighted by Crippen LogP contribution is -1.95. The summed E-state index contributed by atoms with van der Waals surface area (Å²) in [5, 5.41) is 0. The molecule has 0 spiro atoms. The molecule has 0 saturated heterocycles. The molecule has 1 rings (SSSR count). The monoisotopic (exact) mass is 179 g/mol. The molecular weight excluding hydrogens is 166 g/mol. The number of hydrogen-bond donors (Lipinski definition) is 0. The predicted molar refractivity (Wildman–Crippen MR) is 49.7 cm³/mol. The lowest BCUT2D eigenvalue weighted by molar-refractivity contribution is -0.107. The second-order valence-corrected chi connectivity index (χ2v) is 3.00. The van der Waals surface area contributed by atoms with Gasteiger partial charge in [0.2, 0.25) is 0 Å². The molecule has 13 heavy (non-hydrogen) atoms. The van der Waals surface area contributed by atoms with Gasteiger partial charge in [0, 0.05) is 30.9 Å². The van der Waals surface area contributed by atoms with E-state index in [1.807, 2.05) is 17.0 Å². The summed E-state index contributed by atoms with van der Waals surface area (Å²) in [7, 11) is 0. The smallest absolute Gasteiger partial charge is 0.161 e. The quantitative estimate of drug-likeness (QED) is 0.392. The van der Waals surface area contributed by atoms with Gasteiger partial charge in [0.05, 0.1) is 0 Å². The number of aryl methyl sites for hydroxylation is 1. The third-order valence-electron chi connectivity index (χ3n) is 1.90. The number of aromatic nitrogens is 1. The fourth-order valence-corrected chi connectivity index (χ4v) is 1.15. The van der Waals surface area contributed by atoms with Gasteiger partial charge in [-0.3, -0.25) is 4.79 Å². The molecule has 1 aromatic heterocycles. The number of rotatable bonds is 5. The van der Waals surface area contributed by atoms with Crippen LogP contribution in [-0.2, 0) is 11.3 Å². The average Bonchev–Trinajstić information content (AvgIpc) is 2.53. The molecule has 1 aromatic rings. The van der Waals surface area contributed by atoms with Crippen LogP contribution in [0.1, 0.15) is 30.1 Å². The molecule has 0 bridgehead atoms. The average molecular weight is 179 g/mol. The first-order valence-electron chi connectivity index (χ1n) is 4.34. The fourth-order valence-electron chi connectivity index (χ4n) is 1.15. The van der Waals surface area contributed by atoms with E-state index in [1.54, 1.807) is 13.0 Å². The van der Waals surface area contributed by atoms with Crippen molar-refractivity contribution in [3.8, 4) is 0 Å². The maximum Gasteiger partial charge on any atom is 0.161 e. The van der Waals surface area contributed by atoms with Crippen molar-refractivity contribution in [1.29, 1.82) is 0 Å². The Morgan fingerprint density at radius 3 is 2.92 bits per heavy atom. The highest BCUT2D eigenvalue weighted by Crippen LogP contribution is 2.03. The second-order valence-electron chi connectivity index (χ2n) is 3.00. The van der Waals surface area contributed by atoms with Crippen LogP contribution in [-0.4, -0.2) is 16.6 Å². The van der Waals surface area contributed by atoms with Gasteiger partial charge in [-0.1, -0.05) is 0 Å². The number of aldehydes is 1. The molecule has 3 nitrogen and oxygen atoms in total. The number of Topliss-reactive ketones (excluding diaryl/α,β-unsaturated/α-hetero) is 1. The van der Waals surface area contributed by atoms with Crippen molar-refractivity contribution in [1.82, 2.24) is 4.57 Å². The molecule has 70 valence electrons. The van der Waals surface area contributed by atoms with Crippen LogP contribution in [0, 0.1) is 0 Å². The number of unbranched alkanes of at least 4 members (excludes halogenated alkanes) is 1. The summed E-state index contributed by atoms with van der Waals surface area (Å²) in [4.78, 5) is 21.0. The van der Waals surface area contributed by atoms with Gasteiger partial charge in [-0.15, -0.1) is 0 Å². The van der Waals surface area contributed by atoms with Crippen LogP contribution in [0.25, 0.3) is 0 Å². The first kappa shape index (κ1) is 9.71. The molecular formula is C10H13NO2. The van der Waals surface area contributed by atoms with E-state index in [1.165, 1.54) is 0 Å². The van der Waals surface area contributed by atoms with E-state index < -0.39 is 0 Å². The third-order valence-corrected chi connectivity index (χ3v) is 1.90. The predicted octanol–water partition coefficient (Wildman–Crippen LogP) is 1.67. The molecule has 0 aliphatic carbocycles. The van der Waals surface area contributed by atoms with Crippen molar-refractivity contribution >= 4 is 12.1 Å². The van der Waals surface area contributed by atoms with Crippen molar-refractivity contribution in [2.75, 3.05) is 0 Å². The van der Waals surface area contributed by atoms with Crippen molar-refractivity contribution in [2.24, 2.45) is 0 Å². The Hall–Kier alpha value is -1.38. The minimum Gasteiger partial charge on any atom is -0.353 e. The zero-order valence-corrected chi connectivity index (χ0v) is 7.69. The van der Waals surface area contributed by atoms with E-state index in [2.05, 4.69) is 0 Å². The Labute approximate surface area is 77.4 Å². The molecule has 1 heterocycles. The first-order valence-corrected chi connectivity index (χ1v) is 4.34. The molecule has 0 aliphatic heterocycles. The lowest BCUT2D eigenvalue weighted by atomic mass is 10.2. The van der Waals surface area contributed by atoms with Crippen molar-refractivity contribution in [3.05, 3.63) is 24.0 Å². The summed E-state index contributed by atoms with van der Waals surface area (Å²) < 4.78 is 1.93. The van der Waals surface area contributed by atoms with Gasteiger partial charge < -0.3 is 9.36 Å². The number of carbonyl (C=O) groups is 2. The zero-order chi connectivity index (χ0) is 9.68. The van der Waals surface area contributed by atoms with Crippen LogP contribution in [0.5, 0.6) is 0 Å². The van der Waals surface area contributed by atoms with Crippen LogP contribution < -0.4 is 0 Å². The summed E-state index contributed by atoms with van der Waals surface area (Å²) in [5.74, 6) is 0.0779. The van der Waals surface area contributed by atoms with E-state index in [-0.39, 0.29) is 5.78 Å². The molecule has 3 heteroatoms. The van der Waals surface area contributed by atoms with E-state index in [9.17, 15) is 9.59 Å². The van der Waals surface area contributed by atoms with Crippen molar-refractivity contribution in [3.63, 3.8) is 0 Å². The molecule has 0 aromatic carbocycles. The highest BCUT2D eigenvalue weighted by molar-refractivity contribution is 5.93. The third kappa shape index (κ3) is 2.86. The molecule has 0 unspecified atom stereocenters. The standard InChI is InChI=1S/C10H13NO2/c1-9(13)10-4-6-11(8-10)5-2-3-7-12/h4,6-8H,2-3,5H2,1H3. The summed E-state index contributed by atoms with van der Waals surface area (Å²) in [6.45, 7) is 2.34. The van der Waals surface area contributed by atoms with Gasteiger partial charge in [0.15, 0.2) is 5.78 Å². The first-order chi connectivity index (χ1) is 6.24. The number of nitrogens with zero attached hydrogens (tertiary/aromatic N) is 1. The number of hydrogen-bond acceptors (Lipinski definition) is 2. The van der Waals surface area contributed by atoms with Gasteiger partial charge in [-0.25, -0.2) is 0 Å². The van der Waals surface area contributed by atoms with Gasteiger partial charge >= 0.3 is 0 Å². The van der Waals surface area contributed by atoms with Crippen LogP contribution in [0.4, 0.5) is 0 Å². The van der Waals surface area contributed by atoms with Crippen molar-refractivity contribution < 1.29 is 9.59 Å². The van der Waals surface area contributed by atoms with Crippen LogP contribution >= 0.6 is 0 Å². The molecule has 0 N–H and O–H groups in total. The van der Waals surface area contributed by atoms with E-state index in [0.717, 1.165) is 24.8 Å². The topological polar surface area (TPSA) is 39.1 Å². The molecule has 0 saturated carbocycles. The molecule has 0 atom stereocenters. The Morgan fingerprint density at radius 1 is 1.62 bits per heavy atom. The van der Waals surface area contributed by atoms with E-state index in [0.29, 0.717) is 6.42 Å². The van der Waals surface area contributed by atoms with E-state index >= 15 is 0 Å². The molecule has 0 radical (unpaired) electrons. The number of ketones is 1. The minimum atomic E-state index is 0.0779. The van der Waals surface area contributed by atoms with Gasteiger partial charge in [0.25, 0.3) is 0 Å². The molecule has 0 amide bonds. The van der Waals surface area contributed by atoms with Crippen LogP contribution in [0.2, 0.25) is 0 Å². The summed E-state index contributed by atoms with van der Waals surface area (Å²) in [6.07, 6.45) is 5.99. The fraction of sp³-hybridized carbons (Fsp3) is 0.400. The number of carbonyl (C=O) groups excluding carboxylic acids is 2. The Kier molecular flexibility index (Phi) is 3.43. The summed E-state index contributed by atoms with van der Waals surface area (Å²) in [6, 6.07) is 1.79. The SMILES string of the molecule is CC(=O)c1ccn(CCCC=O)c1. The summed E-state index contributed by atoms with van der Waals surface area (Å²) in [5.41, 5.74) is 0.728. The maximum absolute atomic E-state index is 10.9. The Balaban J connectivity index is 2.49. The lowest BCUT2D eigenvalue weighted by Gasteiger charge is -1.98. The highest BCUT2D eigenvalue weighted by Gasteiger charge is 2.00. The van der Waals surface area contributed by atoms with Gasteiger partial charge in [-0.05, 0) is 19.4 Å². The Morgan fingerprint density at radius 2 is 2.38 bits per heavy atom. The second kappa shape index (κ2) is 4.60. The highest BCUT2D eigenvalue weighted by atomic mass is 16.1. The normalized spacial score (nSPS) is 9.92. The minimum absolute atomic E-state index is 0.0779.